The van der Waals surface area contributed by atoms with Gasteiger partial charge in [-0.2, -0.15) is 0 Å². The topological polar surface area (TPSA) is 82.8 Å². The van der Waals surface area contributed by atoms with Crippen molar-refractivity contribution < 1.29 is 4.74 Å². The van der Waals surface area contributed by atoms with Crippen LogP contribution in [0.15, 0.2) is 35.3 Å². The lowest BCUT2D eigenvalue weighted by molar-refractivity contribution is 0.120. The van der Waals surface area contributed by atoms with E-state index in [0.717, 1.165) is 70.1 Å². The molecular formula is C24H26N4O2. The minimum atomic E-state index is -0.0623. The number of benzene rings is 2. The number of hydrogen-bond acceptors (Lipinski definition) is 4. The predicted molar refractivity (Wildman–Crippen MR) is 120 cm³/mol. The summed E-state index contributed by atoms with van der Waals surface area (Å²) in [6, 6.07) is 8.26. The van der Waals surface area contributed by atoms with Crippen LogP contribution in [0.1, 0.15) is 50.3 Å². The van der Waals surface area contributed by atoms with Crippen molar-refractivity contribution in [3.8, 4) is 0 Å². The quantitative estimate of drug-likeness (QED) is 0.428. The lowest BCUT2D eigenvalue weighted by Crippen LogP contribution is -2.18. The van der Waals surface area contributed by atoms with Gasteiger partial charge in [0.05, 0.1) is 22.5 Å². The zero-order valence-electron chi connectivity index (χ0n) is 17.0. The fourth-order valence-electron chi connectivity index (χ4n) is 5.23. The second kappa shape index (κ2) is 7.13. The zero-order chi connectivity index (χ0) is 20.1. The molecule has 2 aromatic heterocycles. The fourth-order valence-corrected chi connectivity index (χ4v) is 5.23. The van der Waals surface area contributed by atoms with Crippen molar-refractivity contribution in [2.45, 2.75) is 50.5 Å². The summed E-state index contributed by atoms with van der Waals surface area (Å²) >= 11 is 0. The van der Waals surface area contributed by atoms with Crippen LogP contribution in [-0.2, 0) is 4.74 Å². The molecule has 4 aromatic rings. The van der Waals surface area contributed by atoms with E-state index in [0.29, 0.717) is 5.92 Å². The number of ether oxygens (including phenoxy) is 1. The first-order valence-electron chi connectivity index (χ1n) is 11.1. The van der Waals surface area contributed by atoms with Gasteiger partial charge in [-0.1, -0.05) is 18.9 Å². The van der Waals surface area contributed by atoms with Crippen molar-refractivity contribution in [1.29, 1.82) is 0 Å². The molecule has 6 heteroatoms. The van der Waals surface area contributed by atoms with Crippen LogP contribution in [0.2, 0.25) is 0 Å². The average Bonchev–Trinajstić information content (AvgIpc) is 3.53. The van der Waals surface area contributed by atoms with Crippen molar-refractivity contribution in [2.24, 2.45) is 0 Å². The number of H-pyrrole nitrogens is 2. The highest BCUT2D eigenvalue weighted by Crippen LogP contribution is 2.38. The van der Waals surface area contributed by atoms with Gasteiger partial charge in [0.25, 0.3) is 5.56 Å². The van der Waals surface area contributed by atoms with Crippen molar-refractivity contribution in [2.75, 3.05) is 18.5 Å². The van der Waals surface area contributed by atoms with Gasteiger partial charge in [0.15, 0.2) is 0 Å². The molecule has 30 heavy (non-hydrogen) atoms. The molecule has 0 bridgehead atoms. The largest absolute Gasteiger partial charge is 0.382 e. The Morgan fingerprint density at radius 1 is 1.07 bits per heavy atom. The van der Waals surface area contributed by atoms with Crippen LogP contribution in [-0.4, -0.2) is 34.2 Å². The number of aromatic nitrogens is 3. The first-order chi connectivity index (χ1) is 14.8. The second-order valence-corrected chi connectivity index (χ2v) is 8.70. The molecule has 1 atom stereocenters. The van der Waals surface area contributed by atoms with E-state index in [1.54, 1.807) is 6.20 Å². The third-order valence-electron chi connectivity index (χ3n) is 6.80. The summed E-state index contributed by atoms with van der Waals surface area (Å²) in [6.07, 6.45) is 9.13. The Balaban J connectivity index is 1.53. The van der Waals surface area contributed by atoms with Gasteiger partial charge in [-0.3, -0.25) is 4.79 Å². The van der Waals surface area contributed by atoms with E-state index >= 15 is 0 Å². The highest BCUT2D eigenvalue weighted by molar-refractivity contribution is 6.23. The van der Waals surface area contributed by atoms with Crippen molar-refractivity contribution in [3.05, 3.63) is 46.6 Å². The van der Waals surface area contributed by atoms with Crippen LogP contribution >= 0.6 is 0 Å². The summed E-state index contributed by atoms with van der Waals surface area (Å²) in [7, 11) is 0. The maximum Gasteiger partial charge on any atom is 0.256 e. The highest BCUT2D eigenvalue weighted by atomic mass is 16.5. The van der Waals surface area contributed by atoms with Gasteiger partial charge in [-0.25, -0.2) is 4.98 Å². The smallest absolute Gasteiger partial charge is 0.256 e. The van der Waals surface area contributed by atoms with Crippen molar-refractivity contribution in [1.82, 2.24) is 15.0 Å². The van der Waals surface area contributed by atoms with Gasteiger partial charge in [-0.05, 0) is 49.3 Å². The van der Waals surface area contributed by atoms with Crippen LogP contribution in [0.3, 0.4) is 0 Å². The Labute approximate surface area is 174 Å². The molecule has 2 aromatic carbocycles. The first kappa shape index (κ1) is 18.0. The van der Waals surface area contributed by atoms with E-state index in [1.165, 1.54) is 25.7 Å². The monoisotopic (exact) mass is 402 g/mol. The third kappa shape index (κ3) is 2.89. The molecule has 0 radical (unpaired) electrons. The van der Waals surface area contributed by atoms with Crippen LogP contribution in [0.5, 0.6) is 0 Å². The van der Waals surface area contributed by atoms with E-state index in [9.17, 15) is 4.79 Å². The number of imidazole rings is 1. The van der Waals surface area contributed by atoms with Crippen molar-refractivity contribution >= 4 is 38.3 Å². The summed E-state index contributed by atoms with van der Waals surface area (Å²) in [4.78, 5) is 24.3. The minimum absolute atomic E-state index is 0.0623. The number of hydrogen-bond donors (Lipinski definition) is 3. The maximum atomic E-state index is 12.8. The van der Waals surface area contributed by atoms with Gasteiger partial charge < -0.3 is 20.0 Å². The summed E-state index contributed by atoms with van der Waals surface area (Å²) in [5.41, 5.74) is 2.89. The molecule has 1 saturated carbocycles. The van der Waals surface area contributed by atoms with E-state index < -0.39 is 0 Å². The number of fused-ring (bicyclic) bond motifs is 6. The molecule has 154 valence electrons. The Morgan fingerprint density at radius 3 is 2.80 bits per heavy atom. The average molecular weight is 402 g/mol. The van der Waals surface area contributed by atoms with Gasteiger partial charge in [0, 0.05) is 41.7 Å². The number of nitrogens with zero attached hydrogens (tertiary/aromatic N) is 1. The standard InChI is InChI=1S/C24H26N4O2/c29-24-20-18(9-10-25-24)22-21(27-23(28-22)14-4-1-2-5-14)17-8-7-15(12-19(17)20)26-13-16-6-3-11-30-16/h7-10,12,14,16,26H,1-6,11,13H2,(H,25,29)(H,27,28). The molecule has 6 rings (SSSR count). The summed E-state index contributed by atoms with van der Waals surface area (Å²) in [6.45, 7) is 1.64. The third-order valence-corrected chi connectivity index (χ3v) is 6.80. The number of nitrogens with one attached hydrogen (secondary N) is 3. The fraction of sp³-hybridized carbons (Fsp3) is 0.417. The Bertz CT molecular complexity index is 1290. The number of aromatic amines is 2. The van der Waals surface area contributed by atoms with Gasteiger partial charge in [0.1, 0.15) is 5.82 Å². The summed E-state index contributed by atoms with van der Waals surface area (Å²) in [5.74, 6) is 1.56. The first-order valence-corrected chi connectivity index (χ1v) is 11.1. The number of pyridine rings is 1. The molecule has 1 saturated heterocycles. The second-order valence-electron chi connectivity index (χ2n) is 8.70. The summed E-state index contributed by atoms with van der Waals surface area (Å²) < 4.78 is 5.73. The molecular weight excluding hydrogens is 376 g/mol. The van der Waals surface area contributed by atoms with Gasteiger partial charge in [0.2, 0.25) is 0 Å². The Morgan fingerprint density at radius 2 is 1.97 bits per heavy atom. The molecule has 3 heterocycles. The van der Waals surface area contributed by atoms with Gasteiger partial charge in [-0.15, -0.1) is 0 Å². The van der Waals surface area contributed by atoms with Crippen molar-refractivity contribution in [3.63, 3.8) is 0 Å². The Kier molecular flexibility index (Phi) is 4.27. The molecule has 1 aliphatic heterocycles. The normalized spacial score (nSPS) is 20.1. The molecule has 1 unspecified atom stereocenters. The van der Waals surface area contributed by atoms with Crippen LogP contribution in [0.4, 0.5) is 5.69 Å². The molecule has 2 fully saturated rings. The lowest BCUT2D eigenvalue weighted by atomic mass is 10.0. The lowest BCUT2D eigenvalue weighted by Gasteiger charge is -2.13. The van der Waals surface area contributed by atoms with E-state index in [2.05, 4.69) is 33.5 Å². The minimum Gasteiger partial charge on any atom is -0.382 e. The van der Waals surface area contributed by atoms with E-state index in [1.807, 2.05) is 6.07 Å². The molecule has 3 N–H and O–H groups in total. The SMILES string of the molecule is O=c1[nH]ccc2c3[nH]c(C4CCCC4)nc3c3ccc(NCC4CCCO4)cc3c12. The summed E-state index contributed by atoms with van der Waals surface area (Å²) in [5, 5.41) is 7.13. The predicted octanol–water partition coefficient (Wildman–Crippen LogP) is 4.81. The van der Waals surface area contributed by atoms with Crippen LogP contribution < -0.4 is 10.9 Å². The molecule has 0 amide bonds. The molecule has 0 spiro atoms. The van der Waals surface area contributed by atoms with E-state index in [-0.39, 0.29) is 11.7 Å². The van der Waals surface area contributed by atoms with Crippen LogP contribution in [0.25, 0.3) is 32.6 Å². The van der Waals surface area contributed by atoms with Gasteiger partial charge >= 0.3 is 0 Å². The molecule has 6 nitrogen and oxygen atoms in total. The Hall–Kier alpha value is -2.86. The molecule has 2 aliphatic rings. The van der Waals surface area contributed by atoms with Crippen LogP contribution in [0, 0.1) is 0 Å². The maximum absolute atomic E-state index is 12.8. The zero-order valence-corrected chi connectivity index (χ0v) is 17.0. The number of rotatable bonds is 4. The number of anilines is 1. The highest BCUT2D eigenvalue weighted by Gasteiger charge is 2.23. The van der Waals surface area contributed by atoms with E-state index in [4.69, 9.17) is 9.72 Å². The molecule has 1 aliphatic carbocycles.